The van der Waals surface area contributed by atoms with Gasteiger partial charge in [0.05, 0.1) is 25.0 Å². The number of furan rings is 1. The molecule has 0 spiro atoms. The molecule has 7 nitrogen and oxygen atoms in total. The lowest BCUT2D eigenvalue weighted by Gasteiger charge is -2.57. The highest BCUT2D eigenvalue weighted by molar-refractivity contribution is 5.94. The van der Waals surface area contributed by atoms with Gasteiger partial charge in [-0.15, -0.1) is 0 Å². The molecule has 0 aromatic carbocycles. The van der Waals surface area contributed by atoms with Crippen LogP contribution in [0.4, 0.5) is 0 Å². The lowest BCUT2D eigenvalue weighted by Crippen LogP contribution is -2.65. The van der Waals surface area contributed by atoms with Crippen LogP contribution in [0.15, 0.2) is 23.0 Å². The molecule has 31 heavy (non-hydrogen) atoms. The summed E-state index contributed by atoms with van der Waals surface area (Å²) in [6.45, 7) is 5.93. The van der Waals surface area contributed by atoms with Crippen molar-refractivity contribution in [3.63, 3.8) is 0 Å². The topological polar surface area (TPSA) is 66.2 Å². The van der Waals surface area contributed by atoms with Crippen LogP contribution in [0.3, 0.4) is 0 Å². The molecule has 0 unspecified atom stereocenters. The molecule has 170 valence electrons. The van der Waals surface area contributed by atoms with Crippen molar-refractivity contribution in [1.82, 2.24) is 14.7 Å². The van der Waals surface area contributed by atoms with Crippen LogP contribution in [-0.4, -0.2) is 84.5 Å². The maximum atomic E-state index is 13.4. The number of morpholine rings is 1. The van der Waals surface area contributed by atoms with Gasteiger partial charge in [0.2, 0.25) is 5.91 Å². The molecule has 5 rings (SSSR count). The van der Waals surface area contributed by atoms with Crippen molar-refractivity contribution >= 4 is 11.8 Å². The number of carbonyl (C=O) groups is 2. The van der Waals surface area contributed by atoms with E-state index in [1.165, 1.54) is 38.8 Å². The molecular formula is C24H35N3O4. The van der Waals surface area contributed by atoms with Crippen molar-refractivity contribution in [1.29, 1.82) is 0 Å². The Morgan fingerprint density at radius 2 is 1.87 bits per heavy atom. The van der Waals surface area contributed by atoms with Crippen LogP contribution in [-0.2, 0) is 9.53 Å². The number of carbonyl (C=O) groups excluding carboxylic acids is 2. The summed E-state index contributed by atoms with van der Waals surface area (Å²) in [4.78, 5) is 32.8. The molecule has 0 radical (unpaired) electrons. The van der Waals surface area contributed by atoms with Crippen LogP contribution < -0.4 is 0 Å². The lowest BCUT2D eigenvalue weighted by molar-refractivity contribution is -0.135. The number of piperidine rings is 3. The molecule has 0 aliphatic carbocycles. The van der Waals surface area contributed by atoms with Gasteiger partial charge < -0.3 is 19.0 Å². The maximum Gasteiger partial charge on any atom is 0.257 e. The van der Waals surface area contributed by atoms with Crippen molar-refractivity contribution in [2.45, 2.75) is 57.0 Å². The van der Waals surface area contributed by atoms with Crippen LogP contribution in [0.2, 0.25) is 0 Å². The molecule has 4 fully saturated rings. The Labute approximate surface area is 184 Å². The minimum Gasteiger partial charge on any atom is -0.472 e. The molecule has 4 saturated heterocycles. The number of rotatable bonds is 5. The predicted octanol–water partition coefficient (Wildman–Crippen LogP) is 2.62. The Hall–Kier alpha value is -1.86. The van der Waals surface area contributed by atoms with Crippen LogP contribution in [0.5, 0.6) is 0 Å². The van der Waals surface area contributed by atoms with Gasteiger partial charge in [0.1, 0.15) is 6.26 Å². The van der Waals surface area contributed by atoms with Gasteiger partial charge in [0.25, 0.3) is 5.91 Å². The van der Waals surface area contributed by atoms with E-state index in [1.807, 2.05) is 4.90 Å². The van der Waals surface area contributed by atoms with Crippen molar-refractivity contribution in [2.24, 2.45) is 11.8 Å². The predicted molar refractivity (Wildman–Crippen MR) is 116 cm³/mol. The summed E-state index contributed by atoms with van der Waals surface area (Å²) in [5.41, 5.74) is 0.649. The van der Waals surface area contributed by atoms with Gasteiger partial charge in [-0.2, -0.15) is 0 Å². The molecule has 0 bridgehead atoms. The first-order valence-electron chi connectivity index (χ1n) is 12.1. The smallest absolute Gasteiger partial charge is 0.257 e. The third-order valence-corrected chi connectivity index (χ3v) is 7.96. The van der Waals surface area contributed by atoms with E-state index in [2.05, 4.69) is 9.80 Å². The number of likely N-dealkylation sites (tertiary alicyclic amines) is 1. The zero-order valence-corrected chi connectivity index (χ0v) is 18.4. The molecule has 0 saturated carbocycles. The fourth-order valence-electron chi connectivity index (χ4n) is 6.58. The Balaban J connectivity index is 1.31. The SMILES string of the molecule is O=C(CCC[C@@H]1[C@H]2CCCN3CCC[C@@H](CN1C(=O)c1ccoc1)[C@@H]23)N1CCOCC1. The van der Waals surface area contributed by atoms with Crippen LogP contribution >= 0.6 is 0 Å². The maximum absolute atomic E-state index is 13.4. The van der Waals surface area contributed by atoms with Crippen LogP contribution in [0.25, 0.3) is 0 Å². The summed E-state index contributed by atoms with van der Waals surface area (Å²) < 4.78 is 10.6. The molecule has 4 aliphatic heterocycles. The summed E-state index contributed by atoms with van der Waals surface area (Å²) in [5.74, 6) is 1.41. The average Bonchev–Trinajstić information content (AvgIpc) is 3.35. The third-order valence-electron chi connectivity index (χ3n) is 7.96. The van der Waals surface area contributed by atoms with E-state index in [9.17, 15) is 9.59 Å². The first kappa shape index (κ1) is 21.0. The first-order chi connectivity index (χ1) is 15.2. The lowest BCUT2D eigenvalue weighted by atomic mass is 9.69. The molecule has 5 heterocycles. The van der Waals surface area contributed by atoms with E-state index in [1.54, 1.807) is 18.6 Å². The van der Waals surface area contributed by atoms with Crippen LogP contribution in [0.1, 0.15) is 55.3 Å². The minimum atomic E-state index is 0.0967. The molecular weight excluding hydrogens is 394 g/mol. The molecule has 7 heteroatoms. The number of hydrogen-bond donors (Lipinski definition) is 0. The summed E-state index contributed by atoms with van der Waals surface area (Å²) in [5, 5.41) is 0. The Morgan fingerprint density at radius 3 is 2.65 bits per heavy atom. The van der Waals surface area contributed by atoms with E-state index in [-0.39, 0.29) is 17.9 Å². The summed E-state index contributed by atoms with van der Waals surface area (Å²) in [6.07, 6.45) is 10.3. The monoisotopic (exact) mass is 429 g/mol. The van der Waals surface area contributed by atoms with E-state index in [0.717, 1.165) is 19.4 Å². The zero-order valence-electron chi connectivity index (χ0n) is 18.4. The third kappa shape index (κ3) is 4.27. The number of amides is 2. The van der Waals surface area contributed by atoms with E-state index in [0.29, 0.717) is 56.2 Å². The zero-order chi connectivity index (χ0) is 21.2. The van der Waals surface area contributed by atoms with Gasteiger partial charge in [0.15, 0.2) is 0 Å². The highest BCUT2D eigenvalue weighted by atomic mass is 16.5. The fourth-order valence-corrected chi connectivity index (χ4v) is 6.58. The second kappa shape index (κ2) is 9.33. The Kier molecular flexibility index (Phi) is 6.32. The van der Waals surface area contributed by atoms with Crippen molar-refractivity contribution in [3.8, 4) is 0 Å². The minimum absolute atomic E-state index is 0.0967. The van der Waals surface area contributed by atoms with Gasteiger partial charge >= 0.3 is 0 Å². The Morgan fingerprint density at radius 1 is 1.06 bits per heavy atom. The second-order valence-electron chi connectivity index (χ2n) is 9.66. The molecule has 0 N–H and O–H groups in total. The highest BCUT2D eigenvalue weighted by Crippen LogP contribution is 2.43. The normalized spacial score (nSPS) is 31.4. The van der Waals surface area contributed by atoms with Gasteiger partial charge in [-0.05, 0) is 69.5 Å². The summed E-state index contributed by atoms with van der Waals surface area (Å²) >= 11 is 0. The van der Waals surface area contributed by atoms with E-state index < -0.39 is 0 Å². The fraction of sp³-hybridized carbons (Fsp3) is 0.750. The Bertz CT molecular complexity index is 759. The largest absolute Gasteiger partial charge is 0.472 e. The average molecular weight is 430 g/mol. The van der Waals surface area contributed by atoms with Gasteiger partial charge in [-0.25, -0.2) is 0 Å². The first-order valence-corrected chi connectivity index (χ1v) is 12.1. The molecule has 2 amide bonds. The van der Waals surface area contributed by atoms with Gasteiger partial charge in [-0.3, -0.25) is 14.5 Å². The standard InChI is InChI=1S/C24H35N3O4/c28-22(25-11-14-30-15-12-25)7-1-6-21-20-5-3-10-26-9-2-4-18(23(20)26)16-27(21)24(29)19-8-13-31-17-19/h8,13,17-18,20-21,23H,1-7,9-12,14-16H2/t18-,20+,21+,23-/m0/s1. The van der Waals surface area contributed by atoms with Crippen LogP contribution in [0, 0.1) is 11.8 Å². The van der Waals surface area contributed by atoms with E-state index in [4.69, 9.17) is 9.15 Å². The highest BCUT2D eigenvalue weighted by Gasteiger charge is 2.49. The number of nitrogens with zero attached hydrogens (tertiary/aromatic N) is 3. The second-order valence-corrected chi connectivity index (χ2v) is 9.66. The van der Waals surface area contributed by atoms with Crippen molar-refractivity contribution in [3.05, 3.63) is 24.2 Å². The molecule has 1 aromatic rings. The van der Waals surface area contributed by atoms with Gasteiger partial charge in [0, 0.05) is 38.1 Å². The van der Waals surface area contributed by atoms with Gasteiger partial charge in [-0.1, -0.05) is 0 Å². The summed E-state index contributed by atoms with van der Waals surface area (Å²) in [7, 11) is 0. The molecule has 4 atom stereocenters. The van der Waals surface area contributed by atoms with E-state index >= 15 is 0 Å². The summed E-state index contributed by atoms with van der Waals surface area (Å²) in [6, 6.07) is 2.60. The van der Waals surface area contributed by atoms with Crippen molar-refractivity contribution < 1.29 is 18.7 Å². The number of ether oxygens (including phenoxy) is 1. The number of hydrogen-bond acceptors (Lipinski definition) is 5. The van der Waals surface area contributed by atoms with Crippen molar-refractivity contribution in [2.75, 3.05) is 45.9 Å². The molecule has 4 aliphatic rings. The quantitative estimate of drug-likeness (QED) is 0.720. The molecule has 1 aromatic heterocycles.